The van der Waals surface area contributed by atoms with Gasteiger partial charge in [-0.05, 0) is 49.5 Å². The number of ether oxygens (including phenoxy) is 1. The fourth-order valence-corrected chi connectivity index (χ4v) is 4.53. The van der Waals surface area contributed by atoms with Gasteiger partial charge in [-0.1, -0.05) is 66.7 Å². The van der Waals surface area contributed by atoms with E-state index in [9.17, 15) is 4.79 Å². The number of benzene rings is 3. The molecule has 0 N–H and O–H groups in total. The number of likely N-dealkylation sites (tertiary alicyclic amines) is 1. The second-order valence-electron chi connectivity index (χ2n) is 8.15. The van der Waals surface area contributed by atoms with Gasteiger partial charge in [0.2, 0.25) is 0 Å². The lowest BCUT2D eigenvalue weighted by Crippen LogP contribution is -2.35. The van der Waals surface area contributed by atoms with E-state index in [-0.39, 0.29) is 6.09 Å². The number of carbonyl (C=O) groups excluding carboxylic acids is 1. The van der Waals surface area contributed by atoms with Crippen LogP contribution in [0.3, 0.4) is 0 Å². The van der Waals surface area contributed by atoms with Gasteiger partial charge in [-0.2, -0.15) is 0 Å². The van der Waals surface area contributed by atoms with Crippen molar-refractivity contribution in [1.29, 1.82) is 0 Å². The van der Waals surface area contributed by atoms with E-state index in [2.05, 4.69) is 47.4 Å². The Morgan fingerprint density at radius 2 is 1.37 bits per heavy atom. The van der Waals surface area contributed by atoms with Crippen molar-refractivity contribution in [3.8, 4) is 0 Å². The number of piperidine rings is 1. The van der Waals surface area contributed by atoms with Crippen molar-refractivity contribution in [3.63, 3.8) is 0 Å². The molecule has 0 aliphatic carbocycles. The number of aromatic nitrogens is 1. The topological polar surface area (TPSA) is 34.5 Å². The highest BCUT2D eigenvalue weighted by atomic mass is 16.5. The van der Waals surface area contributed by atoms with Crippen LogP contribution in [0, 0.1) is 5.92 Å². The normalized spacial score (nSPS) is 15.6. The van der Waals surface area contributed by atoms with E-state index in [1.807, 2.05) is 36.4 Å². The van der Waals surface area contributed by atoms with Crippen molar-refractivity contribution in [2.45, 2.75) is 19.4 Å². The van der Waals surface area contributed by atoms with Crippen LogP contribution in [0.5, 0.6) is 0 Å². The lowest BCUT2D eigenvalue weighted by molar-refractivity contribution is 0.0963. The van der Waals surface area contributed by atoms with Gasteiger partial charge in [0, 0.05) is 17.3 Å². The molecule has 0 radical (unpaired) electrons. The molecule has 30 heavy (non-hydrogen) atoms. The molecule has 0 amide bonds. The zero-order chi connectivity index (χ0) is 20.3. The monoisotopic (exact) mass is 398 g/mol. The van der Waals surface area contributed by atoms with Crippen LogP contribution in [0.2, 0.25) is 0 Å². The summed E-state index contributed by atoms with van der Waals surface area (Å²) in [4.78, 5) is 15.5. The van der Waals surface area contributed by atoms with E-state index in [0.717, 1.165) is 54.3 Å². The largest absolute Gasteiger partial charge is 0.449 e. The Bertz CT molecular complexity index is 1100. The molecule has 1 aromatic heterocycles. The van der Waals surface area contributed by atoms with Gasteiger partial charge in [-0.25, -0.2) is 9.36 Å². The molecule has 152 valence electrons. The minimum Gasteiger partial charge on any atom is -0.449 e. The fourth-order valence-electron chi connectivity index (χ4n) is 4.53. The molecular formula is C26H26N2O2. The average Bonchev–Trinajstić information content (AvgIpc) is 3.14. The van der Waals surface area contributed by atoms with Crippen LogP contribution in [-0.2, 0) is 11.3 Å². The molecule has 4 heteroatoms. The first kappa shape index (κ1) is 18.9. The van der Waals surface area contributed by atoms with Crippen molar-refractivity contribution < 1.29 is 9.53 Å². The second kappa shape index (κ2) is 8.33. The van der Waals surface area contributed by atoms with Gasteiger partial charge >= 0.3 is 6.09 Å². The lowest BCUT2D eigenvalue weighted by atomic mass is 9.97. The van der Waals surface area contributed by atoms with Gasteiger partial charge in [-0.3, -0.25) is 4.90 Å². The predicted octanol–water partition coefficient (Wildman–Crippen LogP) is 5.69. The first-order chi connectivity index (χ1) is 14.8. The third kappa shape index (κ3) is 3.71. The third-order valence-electron chi connectivity index (χ3n) is 6.16. The summed E-state index contributed by atoms with van der Waals surface area (Å²) in [5, 5.41) is 2.17. The number of fused-ring (bicyclic) bond motifs is 3. The van der Waals surface area contributed by atoms with Gasteiger partial charge < -0.3 is 4.74 Å². The quantitative estimate of drug-likeness (QED) is 0.443. The summed E-state index contributed by atoms with van der Waals surface area (Å²) in [6.07, 6.45) is 1.85. The summed E-state index contributed by atoms with van der Waals surface area (Å²) < 4.78 is 7.52. The number of nitrogens with zero attached hydrogens (tertiary/aromatic N) is 2. The summed E-state index contributed by atoms with van der Waals surface area (Å²) in [5.74, 6) is 0.425. The van der Waals surface area contributed by atoms with E-state index >= 15 is 0 Å². The zero-order valence-corrected chi connectivity index (χ0v) is 17.0. The minimum absolute atomic E-state index is 0.279. The van der Waals surface area contributed by atoms with Gasteiger partial charge in [0.25, 0.3) is 0 Å². The molecule has 2 heterocycles. The predicted molar refractivity (Wildman–Crippen MR) is 121 cm³/mol. The standard InChI is InChI=1S/C26H26N2O2/c29-26(28-24-12-6-4-10-22(24)23-11-5-7-13-25(23)28)30-19-21-14-16-27(17-15-21)18-20-8-2-1-3-9-20/h1-13,21H,14-19H2. The van der Waals surface area contributed by atoms with Crippen molar-refractivity contribution in [2.24, 2.45) is 5.92 Å². The van der Waals surface area contributed by atoms with E-state index in [4.69, 9.17) is 4.74 Å². The van der Waals surface area contributed by atoms with Gasteiger partial charge in [-0.15, -0.1) is 0 Å². The van der Waals surface area contributed by atoms with Crippen molar-refractivity contribution in [1.82, 2.24) is 9.47 Å². The van der Waals surface area contributed by atoms with E-state index < -0.39 is 0 Å². The Morgan fingerprint density at radius 1 is 0.800 bits per heavy atom. The minimum atomic E-state index is -0.279. The van der Waals surface area contributed by atoms with Crippen molar-refractivity contribution in [3.05, 3.63) is 84.4 Å². The second-order valence-corrected chi connectivity index (χ2v) is 8.15. The van der Waals surface area contributed by atoms with Crippen LogP contribution in [0.15, 0.2) is 78.9 Å². The maximum absolute atomic E-state index is 13.0. The molecule has 0 saturated carbocycles. The van der Waals surface area contributed by atoms with Gasteiger partial charge in [0.15, 0.2) is 0 Å². The summed E-state index contributed by atoms with van der Waals surface area (Å²) in [6, 6.07) is 26.6. The number of hydrogen-bond donors (Lipinski definition) is 0. The third-order valence-corrected chi connectivity index (χ3v) is 6.16. The molecule has 1 aliphatic rings. The molecule has 4 aromatic rings. The van der Waals surface area contributed by atoms with Gasteiger partial charge in [0.1, 0.15) is 0 Å². The Labute approximate surface area is 176 Å². The van der Waals surface area contributed by atoms with Gasteiger partial charge in [0.05, 0.1) is 17.6 Å². The summed E-state index contributed by atoms with van der Waals surface area (Å²) in [6.45, 7) is 3.58. The SMILES string of the molecule is O=C(OCC1CCN(Cc2ccccc2)CC1)n1c2ccccc2c2ccccc21. The molecule has 0 bridgehead atoms. The van der Waals surface area contributed by atoms with Crippen molar-refractivity contribution in [2.75, 3.05) is 19.7 Å². The summed E-state index contributed by atoms with van der Waals surface area (Å²) in [7, 11) is 0. The average molecular weight is 399 g/mol. The molecule has 5 rings (SSSR count). The Hall–Kier alpha value is -3.11. The highest BCUT2D eigenvalue weighted by Gasteiger charge is 2.22. The Morgan fingerprint density at radius 3 is 2.00 bits per heavy atom. The molecule has 0 atom stereocenters. The first-order valence-corrected chi connectivity index (χ1v) is 10.7. The number of rotatable bonds is 4. The van der Waals surface area contributed by atoms with Crippen LogP contribution in [0.1, 0.15) is 18.4 Å². The van der Waals surface area contributed by atoms with Crippen LogP contribution < -0.4 is 0 Å². The van der Waals surface area contributed by atoms with E-state index in [0.29, 0.717) is 12.5 Å². The molecule has 3 aromatic carbocycles. The smallest absolute Gasteiger partial charge is 0.418 e. The Kier molecular flexibility index (Phi) is 5.24. The van der Waals surface area contributed by atoms with Crippen molar-refractivity contribution >= 4 is 27.9 Å². The zero-order valence-electron chi connectivity index (χ0n) is 17.0. The van der Waals surface area contributed by atoms with Crippen LogP contribution in [0.25, 0.3) is 21.8 Å². The molecule has 1 aliphatic heterocycles. The number of carbonyl (C=O) groups is 1. The summed E-state index contributed by atoms with van der Waals surface area (Å²) in [5.41, 5.74) is 3.16. The highest BCUT2D eigenvalue weighted by Crippen LogP contribution is 2.29. The molecular weight excluding hydrogens is 372 g/mol. The van der Waals surface area contributed by atoms with E-state index in [1.165, 1.54) is 5.56 Å². The maximum atomic E-state index is 13.0. The molecule has 1 saturated heterocycles. The van der Waals surface area contributed by atoms with Crippen LogP contribution in [-0.4, -0.2) is 35.3 Å². The lowest BCUT2D eigenvalue weighted by Gasteiger charge is -2.31. The molecule has 0 unspecified atom stereocenters. The highest BCUT2D eigenvalue weighted by molar-refractivity contribution is 6.12. The molecule has 0 spiro atoms. The van der Waals surface area contributed by atoms with E-state index in [1.54, 1.807) is 4.57 Å². The molecule has 4 nitrogen and oxygen atoms in total. The first-order valence-electron chi connectivity index (χ1n) is 10.7. The number of hydrogen-bond acceptors (Lipinski definition) is 3. The van der Waals surface area contributed by atoms with Crippen LogP contribution in [0.4, 0.5) is 4.79 Å². The summed E-state index contributed by atoms with van der Waals surface area (Å²) >= 11 is 0. The Balaban J connectivity index is 1.23. The fraction of sp³-hybridized carbons (Fsp3) is 0.269. The number of para-hydroxylation sites is 2. The maximum Gasteiger partial charge on any atom is 0.418 e. The molecule has 1 fully saturated rings. The van der Waals surface area contributed by atoms with Crippen LogP contribution >= 0.6 is 0 Å².